The summed E-state index contributed by atoms with van der Waals surface area (Å²) in [5, 5.41) is 4.27. The second-order valence-electron chi connectivity index (χ2n) is 8.26. The lowest BCUT2D eigenvalue weighted by Crippen LogP contribution is -2.44. The van der Waals surface area contributed by atoms with Gasteiger partial charge in [0.15, 0.2) is 0 Å². The van der Waals surface area contributed by atoms with E-state index >= 15 is 0 Å². The van der Waals surface area contributed by atoms with E-state index in [0.29, 0.717) is 43.6 Å². The summed E-state index contributed by atoms with van der Waals surface area (Å²) in [5.41, 5.74) is 1.06. The maximum absolute atomic E-state index is 13.5. The van der Waals surface area contributed by atoms with Crippen molar-refractivity contribution in [3.8, 4) is 10.4 Å². The maximum Gasteiger partial charge on any atom is 0.416 e. The number of thioether (sulfide) groups is 1. The smallest absolute Gasteiger partial charge is 0.416 e. The number of carbonyl (C=O) groups is 2. The Bertz CT molecular complexity index is 1430. The fraction of sp³-hybridized carbons (Fsp3) is 0.240. The third-order valence-corrected chi connectivity index (χ3v) is 7.99. The SMILES string of the molecule is Cc1nc(C(=O)N2CSC[C@H]2CNC(=O)c2cccc3occc23)c(-c2ccc(C(F)(F)F)cc2)s1. The average molecular weight is 532 g/mol. The molecule has 0 saturated carbocycles. The summed E-state index contributed by atoms with van der Waals surface area (Å²) < 4.78 is 44.3. The molecule has 2 aromatic heterocycles. The van der Waals surface area contributed by atoms with Crippen LogP contribution in [-0.4, -0.2) is 45.9 Å². The highest BCUT2D eigenvalue weighted by Gasteiger charge is 2.34. The fourth-order valence-electron chi connectivity index (χ4n) is 4.09. The van der Waals surface area contributed by atoms with E-state index in [1.165, 1.54) is 29.7 Å². The predicted molar refractivity (Wildman–Crippen MR) is 133 cm³/mol. The molecule has 0 aliphatic carbocycles. The first kappa shape index (κ1) is 24.4. The quantitative estimate of drug-likeness (QED) is 0.351. The van der Waals surface area contributed by atoms with E-state index in [1.807, 2.05) is 0 Å². The summed E-state index contributed by atoms with van der Waals surface area (Å²) in [6, 6.07) is 11.5. The Hall–Kier alpha value is -3.31. The molecule has 0 unspecified atom stereocenters. The molecule has 3 heterocycles. The molecule has 11 heteroatoms. The molecule has 0 spiro atoms. The molecule has 1 fully saturated rings. The van der Waals surface area contributed by atoms with E-state index in [0.717, 1.165) is 12.1 Å². The summed E-state index contributed by atoms with van der Waals surface area (Å²) in [4.78, 5) is 32.9. The van der Waals surface area contributed by atoms with Crippen LogP contribution in [0.15, 0.2) is 59.2 Å². The van der Waals surface area contributed by atoms with Crippen LogP contribution in [0.5, 0.6) is 0 Å². The van der Waals surface area contributed by atoms with Gasteiger partial charge in [-0.25, -0.2) is 4.98 Å². The number of nitrogens with zero attached hydrogens (tertiary/aromatic N) is 2. The van der Waals surface area contributed by atoms with Gasteiger partial charge in [0.2, 0.25) is 0 Å². The molecule has 1 saturated heterocycles. The monoisotopic (exact) mass is 531 g/mol. The molecule has 6 nitrogen and oxygen atoms in total. The molecule has 1 atom stereocenters. The molecule has 0 radical (unpaired) electrons. The van der Waals surface area contributed by atoms with Crippen LogP contribution >= 0.6 is 23.1 Å². The van der Waals surface area contributed by atoms with Gasteiger partial charge in [-0.15, -0.1) is 23.1 Å². The predicted octanol–water partition coefficient (Wildman–Crippen LogP) is 5.83. The molecule has 2 amide bonds. The lowest BCUT2D eigenvalue weighted by atomic mass is 10.1. The van der Waals surface area contributed by atoms with Crippen LogP contribution in [0.1, 0.15) is 31.4 Å². The Labute approximate surface area is 212 Å². The highest BCUT2D eigenvalue weighted by atomic mass is 32.2. The normalized spacial score (nSPS) is 16.0. The molecule has 4 aromatic rings. The number of carbonyl (C=O) groups excluding carboxylic acids is 2. The second-order valence-corrected chi connectivity index (χ2v) is 10.5. The van der Waals surface area contributed by atoms with Gasteiger partial charge < -0.3 is 14.6 Å². The Morgan fingerprint density at radius 2 is 1.94 bits per heavy atom. The van der Waals surface area contributed by atoms with Crippen molar-refractivity contribution in [1.29, 1.82) is 0 Å². The van der Waals surface area contributed by atoms with E-state index < -0.39 is 11.7 Å². The summed E-state index contributed by atoms with van der Waals surface area (Å²) in [6.45, 7) is 2.01. The Morgan fingerprint density at radius 1 is 1.17 bits per heavy atom. The van der Waals surface area contributed by atoms with Crippen LogP contribution in [0.3, 0.4) is 0 Å². The second kappa shape index (κ2) is 9.62. The molecule has 2 aromatic carbocycles. The first-order chi connectivity index (χ1) is 17.2. The first-order valence-electron chi connectivity index (χ1n) is 11.0. The average Bonchev–Trinajstić information content (AvgIpc) is 3.60. The van der Waals surface area contributed by atoms with Gasteiger partial charge in [-0.2, -0.15) is 13.2 Å². The van der Waals surface area contributed by atoms with Gasteiger partial charge in [0.25, 0.3) is 11.8 Å². The van der Waals surface area contributed by atoms with E-state index in [2.05, 4.69) is 10.3 Å². The number of aromatic nitrogens is 1. The van der Waals surface area contributed by atoms with Crippen LogP contribution in [0, 0.1) is 6.92 Å². The zero-order valence-corrected chi connectivity index (χ0v) is 20.6. The topological polar surface area (TPSA) is 75.4 Å². The number of hydrogen-bond acceptors (Lipinski definition) is 6. The standard InChI is InChI=1S/C25H20F3N3O3S2/c1-14-30-21(22(36-14)15-5-7-16(8-6-15)25(26,27)28)24(33)31-13-35-12-17(31)11-29-23(32)19-3-2-4-20-18(19)9-10-34-20/h2-10,17H,11-13H2,1H3,(H,29,32)/t17-/m1/s1. The van der Waals surface area contributed by atoms with Crippen molar-refractivity contribution >= 4 is 45.9 Å². The zero-order valence-electron chi connectivity index (χ0n) is 19.0. The van der Waals surface area contributed by atoms with E-state index in [4.69, 9.17) is 4.42 Å². The minimum Gasteiger partial charge on any atom is -0.464 e. The van der Waals surface area contributed by atoms with Crippen LogP contribution < -0.4 is 5.32 Å². The number of nitrogens with one attached hydrogen (secondary N) is 1. The summed E-state index contributed by atoms with van der Waals surface area (Å²) in [5.74, 6) is 0.497. The van der Waals surface area contributed by atoms with Crippen LogP contribution in [0.25, 0.3) is 21.4 Å². The van der Waals surface area contributed by atoms with Gasteiger partial charge in [-0.3, -0.25) is 9.59 Å². The van der Waals surface area contributed by atoms with Crippen molar-refractivity contribution in [2.24, 2.45) is 0 Å². The third-order valence-electron chi connectivity index (χ3n) is 5.89. The number of benzene rings is 2. The molecule has 1 N–H and O–H groups in total. The van der Waals surface area contributed by atoms with Gasteiger partial charge in [0, 0.05) is 17.7 Å². The fourth-order valence-corrected chi connectivity index (χ4v) is 6.20. The summed E-state index contributed by atoms with van der Waals surface area (Å²) >= 11 is 2.83. The number of aryl methyl sites for hydroxylation is 1. The summed E-state index contributed by atoms with van der Waals surface area (Å²) in [6.07, 6.45) is -2.91. The van der Waals surface area contributed by atoms with Gasteiger partial charge in [-0.1, -0.05) is 18.2 Å². The minimum atomic E-state index is -4.44. The van der Waals surface area contributed by atoms with Gasteiger partial charge in [0.1, 0.15) is 11.3 Å². The Balaban J connectivity index is 1.33. The van der Waals surface area contributed by atoms with Crippen molar-refractivity contribution in [3.05, 3.63) is 76.6 Å². The van der Waals surface area contributed by atoms with Crippen molar-refractivity contribution < 1.29 is 27.2 Å². The number of halogens is 3. The molecule has 36 heavy (non-hydrogen) atoms. The number of alkyl halides is 3. The van der Waals surface area contributed by atoms with Crippen molar-refractivity contribution in [1.82, 2.24) is 15.2 Å². The number of amides is 2. The molecule has 1 aliphatic rings. The van der Waals surface area contributed by atoms with Crippen LogP contribution in [0.4, 0.5) is 13.2 Å². The summed E-state index contributed by atoms with van der Waals surface area (Å²) in [7, 11) is 0. The van der Waals surface area contributed by atoms with Crippen LogP contribution in [0.2, 0.25) is 0 Å². The molecule has 1 aliphatic heterocycles. The van der Waals surface area contributed by atoms with E-state index in [9.17, 15) is 22.8 Å². The van der Waals surface area contributed by atoms with Crippen molar-refractivity contribution in [3.63, 3.8) is 0 Å². The van der Waals surface area contributed by atoms with Crippen molar-refractivity contribution in [2.45, 2.75) is 19.1 Å². The molecule has 0 bridgehead atoms. The number of thiazole rings is 1. The lowest BCUT2D eigenvalue weighted by Gasteiger charge is -2.24. The molecular formula is C25H20F3N3O3S2. The number of furan rings is 1. The van der Waals surface area contributed by atoms with E-state index in [-0.39, 0.29) is 30.1 Å². The Morgan fingerprint density at radius 3 is 2.69 bits per heavy atom. The third kappa shape index (κ3) is 4.72. The molecule has 5 rings (SSSR count). The van der Waals surface area contributed by atoms with Crippen LogP contribution in [-0.2, 0) is 6.18 Å². The number of rotatable bonds is 5. The van der Waals surface area contributed by atoms with Crippen molar-refractivity contribution in [2.75, 3.05) is 18.2 Å². The number of fused-ring (bicyclic) bond motifs is 1. The first-order valence-corrected chi connectivity index (χ1v) is 13.0. The Kier molecular flexibility index (Phi) is 6.52. The highest BCUT2D eigenvalue weighted by molar-refractivity contribution is 7.99. The van der Waals surface area contributed by atoms with Gasteiger partial charge in [0.05, 0.1) is 39.2 Å². The van der Waals surface area contributed by atoms with Gasteiger partial charge >= 0.3 is 6.18 Å². The highest BCUT2D eigenvalue weighted by Crippen LogP contribution is 2.35. The number of hydrogen-bond donors (Lipinski definition) is 1. The van der Waals surface area contributed by atoms with Gasteiger partial charge in [-0.05, 0) is 42.8 Å². The van der Waals surface area contributed by atoms with E-state index in [1.54, 1.807) is 47.9 Å². The lowest BCUT2D eigenvalue weighted by molar-refractivity contribution is -0.137. The minimum absolute atomic E-state index is 0.208. The maximum atomic E-state index is 13.5. The molecule has 186 valence electrons. The molecular weight excluding hydrogens is 511 g/mol. The zero-order chi connectivity index (χ0) is 25.4. The largest absolute Gasteiger partial charge is 0.464 e.